The molecular weight excluding hydrogens is 319 g/mol. The Morgan fingerprint density at radius 1 is 1.30 bits per heavy atom. The Morgan fingerprint density at radius 3 is 2.95 bits per heavy atom. The quantitative estimate of drug-likeness (QED) is 0.737. The van der Waals surface area contributed by atoms with Crippen LogP contribution in [0, 0.1) is 0 Å². The van der Waals surface area contributed by atoms with Crippen molar-refractivity contribution in [1.82, 2.24) is 19.8 Å². The molecule has 0 aliphatic rings. The summed E-state index contributed by atoms with van der Waals surface area (Å²) < 4.78 is 6.76. The molecule has 104 valence electrons. The molecule has 0 spiro atoms. The number of aromatic nitrogens is 4. The lowest BCUT2D eigenvalue weighted by Gasteiger charge is -2.00. The van der Waals surface area contributed by atoms with Crippen molar-refractivity contribution >= 4 is 39.5 Å². The van der Waals surface area contributed by atoms with Gasteiger partial charge in [0.25, 0.3) is 0 Å². The predicted octanol–water partition coefficient (Wildman–Crippen LogP) is 3.35. The predicted molar refractivity (Wildman–Crippen MR) is 79.7 cm³/mol. The third-order valence-electron chi connectivity index (χ3n) is 2.74. The van der Waals surface area contributed by atoms with Crippen LogP contribution < -0.4 is 0 Å². The topological polar surface area (TPSA) is 52.3 Å². The fraction of sp³-hybridized carbons (Fsp3) is 0.250. The van der Waals surface area contributed by atoms with E-state index in [0.717, 1.165) is 21.4 Å². The molecule has 5 nitrogen and oxygen atoms in total. The Balaban J connectivity index is 2.04. The second kappa shape index (κ2) is 5.65. The van der Waals surface area contributed by atoms with Crippen LogP contribution in [0.15, 0.2) is 18.2 Å². The highest BCUT2D eigenvalue weighted by atomic mass is 35.5. The minimum Gasteiger partial charge on any atom is -0.384 e. The first-order valence-electron chi connectivity index (χ1n) is 5.84. The molecule has 3 aromatic rings. The lowest BCUT2D eigenvalue weighted by atomic mass is 10.2. The van der Waals surface area contributed by atoms with E-state index in [1.54, 1.807) is 29.8 Å². The third-order valence-corrected chi connectivity index (χ3v) is 4.24. The highest BCUT2D eigenvalue weighted by molar-refractivity contribution is 7.19. The first-order valence-corrected chi connectivity index (χ1v) is 7.42. The number of methoxy groups -OCH3 is 1. The Morgan fingerprint density at radius 2 is 2.15 bits per heavy atom. The van der Waals surface area contributed by atoms with Gasteiger partial charge in [-0.15, -0.1) is 10.2 Å². The molecule has 1 aromatic carbocycles. The molecule has 0 saturated heterocycles. The summed E-state index contributed by atoms with van der Waals surface area (Å²) in [6.07, 6.45) is 0.657. The van der Waals surface area contributed by atoms with E-state index in [9.17, 15) is 0 Å². The van der Waals surface area contributed by atoms with Crippen LogP contribution in [0.25, 0.3) is 15.5 Å². The highest BCUT2D eigenvalue weighted by Gasteiger charge is 2.15. The van der Waals surface area contributed by atoms with Crippen molar-refractivity contribution < 1.29 is 4.74 Å². The van der Waals surface area contributed by atoms with Gasteiger partial charge in [-0.1, -0.05) is 34.5 Å². The number of benzene rings is 1. The smallest absolute Gasteiger partial charge is 0.234 e. The summed E-state index contributed by atoms with van der Waals surface area (Å²) in [4.78, 5) is 0.724. The molecule has 0 atom stereocenters. The van der Waals surface area contributed by atoms with Gasteiger partial charge in [0.15, 0.2) is 5.82 Å². The van der Waals surface area contributed by atoms with E-state index >= 15 is 0 Å². The lowest BCUT2D eigenvalue weighted by molar-refractivity contribution is 0.200. The average molecular weight is 329 g/mol. The van der Waals surface area contributed by atoms with Crippen LogP contribution in [0.3, 0.4) is 0 Å². The molecule has 8 heteroatoms. The SMILES string of the molecule is COCCc1nnc2sc(-c3cc(Cl)ccc3Cl)nn12. The van der Waals surface area contributed by atoms with Crippen molar-refractivity contribution in [2.24, 2.45) is 0 Å². The number of hydrogen-bond donors (Lipinski definition) is 0. The molecule has 0 radical (unpaired) electrons. The Bertz CT molecular complexity index is 755. The van der Waals surface area contributed by atoms with E-state index in [2.05, 4.69) is 15.3 Å². The number of rotatable bonds is 4. The highest BCUT2D eigenvalue weighted by Crippen LogP contribution is 2.33. The first kappa shape index (κ1) is 13.8. The molecule has 20 heavy (non-hydrogen) atoms. The monoisotopic (exact) mass is 328 g/mol. The molecule has 0 aliphatic heterocycles. The van der Waals surface area contributed by atoms with Crippen LogP contribution in [0.2, 0.25) is 10.0 Å². The van der Waals surface area contributed by atoms with Gasteiger partial charge in [-0.3, -0.25) is 0 Å². The molecule has 0 amide bonds. The third kappa shape index (κ3) is 2.52. The van der Waals surface area contributed by atoms with Gasteiger partial charge in [-0.25, -0.2) is 0 Å². The van der Waals surface area contributed by atoms with Crippen LogP contribution in [-0.4, -0.2) is 33.5 Å². The number of nitrogens with zero attached hydrogens (tertiary/aromatic N) is 4. The zero-order valence-electron chi connectivity index (χ0n) is 10.5. The number of hydrogen-bond acceptors (Lipinski definition) is 5. The summed E-state index contributed by atoms with van der Waals surface area (Å²) in [6.45, 7) is 0.575. The average Bonchev–Trinajstić information content (AvgIpc) is 3.00. The van der Waals surface area contributed by atoms with Crippen LogP contribution >= 0.6 is 34.5 Å². The van der Waals surface area contributed by atoms with Crippen molar-refractivity contribution in [1.29, 1.82) is 0 Å². The summed E-state index contributed by atoms with van der Waals surface area (Å²) in [5, 5.41) is 14.7. The maximum Gasteiger partial charge on any atom is 0.234 e. The summed E-state index contributed by atoms with van der Waals surface area (Å²) in [5.74, 6) is 0.766. The van der Waals surface area contributed by atoms with Crippen molar-refractivity contribution in [3.8, 4) is 10.6 Å². The summed E-state index contributed by atoms with van der Waals surface area (Å²) in [7, 11) is 1.65. The van der Waals surface area contributed by atoms with E-state index in [0.29, 0.717) is 23.1 Å². The van der Waals surface area contributed by atoms with E-state index in [4.69, 9.17) is 27.9 Å². The van der Waals surface area contributed by atoms with Gasteiger partial charge in [-0.05, 0) is 18.2 Å². The Kier molecular flexibility index (Phi) is 3.89. The summed E-state index contributed by atoms with van der Waals surface area (Å²) in [6, 6.07) is 5.30. The van der Waals surface area contributed by atoms with Gasteiger partial charge in [0, 0.05) is 24.1 Å². The van der Waals surface area contributed by atoms with Gasteiger partial charge in [0.2, 0.25) is 4.96 Å². The van der Waals surface area contributed by atoms with Crippen LogP contribution in [0.4, 0.5) is 0 Å². The second-order valence-corrected chi connectivity index (χ2v) is 5.88. The number of fused-ring (bicyclic) bond motifs is 1. The largest absolute Gasteiger partial charge is 0.384 e. The van der Waals surface area contributed by atoms with Crippen molar-refractivity contribution in [2.75, 3.05) is 13.7 Å². The van der Waals surface area contributed by atoms with Crippen molar-refractivity contribution in [2.45, 2.75) is 6.42 Å². The molecule has 3 rings (SSSR count). The summed E-state index contributed by atoms with van der Waals surface area (Å²) in [5.41, 5.74) is 0.798. The second-order valence-electron chi connectivity index (χ2n) is 4.08. The normalized spacial score (nSPS) is 11.3. The van der Waals surface area contributed by atoms with Crippen molar-refractivity contribution in [3.63, 3.8) is 0 Å². The molecule has 2 heterocycles. The van der Waals surface area contributed by atoms with Gasteiger partial charge >= 0.3 is 0 Å². The molecule has 0 fully saturated rings. The lowest BCUT2D eigenvalue weighted by Crippen LogP contribution is -2.01. The standard InChI is InChI=1S/C12H10Cl2N4OS/c1-19-5-4-10-15-16-12-18(10)17-11(20-12)8-6-7(13)2-3-9(8)14/h2-3,6H,4-5H2,1H3. The fourth-order valence-corrected chi connectivity index (χ4v) is 3.10. The first-order chi connectivity index (χ1) is 9.69. The zero-order chi connectivity index (χ0) is 14.1. The zero-order valence-corrected chi connectivity index (χ0v) is 12.8. The van der Waals surface area contributed by atoms with Gasteiger partial charge in [-0.2, -0.15) is 9.61 Å². The van der Waals surface area contributed by atoms with Crippen LogP contribution in [0.5, 0.6) is 0 Å². The van der Waals surface area contributed by atoms with Crippen LogP contribution in [0.1, 0.15) is 5.82 Å². The minimum atomic E-state index is 0.575. The van der Waals surface area contributed by atoms with Crippen molar-refractivity contribution in [3.05, 3.63) is 34.1 Å². The molecule has 0 aliphatic carbocycles. The Hall–Kier alpha value is -1.21. The van der Waals surface area contributed by atoms with E-state index in [1.807, 2.05) is 0 Å². The maximum atomic E-state index is 6.19. The van der Waals surface area contributed by atoms with Gasteiger partial charge in [0.05, 0.1) is 11.6 Å². The van der Waals surface area contributed by atoms with Crippen LogP contribution in [-0.2, 0) is 11.2 Å². The van der Waals surface area contributed by atoms with Gasteiger partial charge in [0.1, 0.15) is 5.01 Å². The van der Waals surface area contributed by atoms with Gasteiger partial charge < -0.3 is 4.74 Å². The maximum absolute atomic E-state index is 6.19. The van der Waals surface area contributed by atoms with E-state index < -0.39 is 0 Å². The molecule has 2 aromatic heterocycles. The molecule has 0 N–H and O–H groups in total. The molecule has 0 saturated carbocycles. The molecule has 0 bridgehead atoms. The molecular formula is C12H10Cl2N4OS. The summed E-state index contributed by atoms with van der Waals surface area (Å²) >= 11 is 13.6. The van der Waals surface area contributed by atoms with E-state index in [-0.39, 0.29) is 0 Å². The number of ether oxygens (including phenoxy) is 1. The minimum absolute atomic E-state index is 0.575. The van der Waals surface area contributed by atoms with E-state index in [1.165, 1.54) is 11.3 Å². The number of halogens is 2. The molecule has 0 unspecified atom stereocenters. The fourth-order valence-electron chi connectivity index (χ4n) is 1.78. The Labute approximate surface area is 129 Å².